The molecule has 0 bridgehead atoms. The van der Waals surface area contributed by atoms with Crippen molar-refractivity contribution in [3.05, 3.63) is 0 Å². The van der Waals surface area contributed by atoms with Crippen molar-refractivity contribution in [3.8, 4) is 0 Å². The molecule has 2 saturated carbocycles. The van der Waals surface area contributed by atoms with Crippen LogP contribution in [0.4, 0.5) is 0 Å². The molecule has 3 heteroatoms. The molecule has 0 saturated heterocycles. The number of carbonyl (C=O) groups is 1. The summed E-state index contributed by atoms with van der Waals surface area (Å²) >= 11 is 6.06. The second kappa shape index (κ2) is 6.97. The first kappa shape index (κ1) is 15.2. The molecule has 2 aliphatic carbocycles. The molecule has 0 aromatic carbocycles. The van der Waals surface area contributed by atoms with Gasteiger partial charge in [0.2, 0.25) is 5.91 Å². The van der Waals surface area contributed by atoms with Crippen LogP contribution in [0.3, 0.4) is 0 Å². The summed E-state index contributed by atoms with van der Waals surface area (Å²) in [6, 6.07) is 0. The second-order valence-electron chi connectivity index (χ2n) is 6.51. The molecule has 0 aromatic heterocycles. The summed E-state index contributed by atoms with van der Waals surface area (Å²) in [5.41, 5.74) is -0.0505. The van der Waals surface area contributed by atoms with Gasteiger partial charge in [0.25, 0.3) is 0 Å². The average Bonchev–Trinajstić information content (AvgIpc) is 2.95. The van der Waals surface area contributed by atoms with Gasteiger partial charge in [-0.05, 0) is 43.9 Å². The highest BCUT2D eigenvalue weighted by molar-refractivity contribution is 6.18. The molecule has 0 aromatic rings. The Morgan fingerprint density at radius 2 is 1.79 bits per heavy atom. The lowest BCUT2D eigenvalue weighted by Gasteiger charge is -2.32. The first-order valence-electron chi connectivity index (χ1n) is 8.06. The number of nitrogens with one attached hydrogen (secondary N) is 1. The predicted octanol–water partition coefficient (Wildman–Crippen LogP) is 4.12. The summed E-state index contributed by atoms with van der Waals surface area (Å²) in [5, 5.41) is 3.25. The molecule has 2 aliphatic rings. The Kier molecular flexibility index (Phi) is 5.56. The summed E-state index contributed by atoms with van der Waals surface area (Å²) in [7, 11) is 0. The van der Waals surface area contributed by atoms with Crippen LogP contribution in [-0.2, 0) is 4.79 Å². The van der Waals surface area contributed by atoms with Gasteiger partial charge in [0.15, 0.2) is 0 Å². The van der Waals surface area contributed by atoms with E-state index in [1.54, 1.807) is 0 Å². The fraction of sp³-hybridized carbons (Fsp3) is 0.938. The molecule has 110 valence electrons. The van der Waals surface area contributed by atoms with Crippen molar-refractivity contribution in [3.63, 3.8) is 0 Å². The molecule has 1 N–H and O–H groups in total. The standard InChI is InChI=1S/C16H28ClNO/c1-2-16(9-5-6-10-16)15(19)18-12-14-8-4-3-7-13(14)11-17/h13-14H,2-12H2,1H3,(H,18,19). The zero-order valence-electron chi connectivity index (χ0n) is 12.2. The predicted molar refractivity (Wildman–Crippen MR) is 80.4 cm³/mol. The highest BCUT2D eigenvalue weighted by Gasteiger charge is 2.39. The molecule has 0 aliphatic heterocycles. The number of rotatable bonds is 5. The van der Waals surface area contributed by atoms with Crippen molar-refractivity contribution >= 4 is 17.5 Å². The Labute approximate surface area is 122 Å². The lowest BCUT2D eigenvalue weighted by Crippen LogP contribution is -2.42. The number of alkyl halides is 1. The highest BCUT2D eigenvalue weighted by atomic mass is 35.5. The van der Waals surface area contributed by atoms with E-state index in [2.05, 4.69) is 12.2 Å². The van der Waals surface area contributed by atoms with Gasteiger partial charge in [-0.2, -0.15) is 0 Å². The third-order valence-corrected chi connectivity index (χ3v) is 5.91. The van der Waals surface area contributed by atoms with Crippen molar-refractivity contribution < 1.29 is 4.79 Å². The van der Waals surface area contributed by atoms with Crippen LogP contribution in [0.15, 0.2) is 0 Å². The van der Waals surface area contributed by atoms with Gasteiger partial charge in [-0.25, -0.2) is 0 Å². The molecule has 2 atom stereocenters. The number of carbonyl (C=O) groups excluding carboxylic acids is 1. The molecule has 0 spiro atoms. The van der Waals surface area contributed by atoms with Crippen LogP contribution in [0.2, 0.25) is 0 Å². The maximum absolute atomic E-state index is 12.5. The largest absolute Gasteiger partial charge is 0.355 e. The van der Waals surface area contributed by atoms with Gasteiger partial charge < -0.3 is 5.32 Å². The minimum absolute atomic E-state index is 0.0505. The van der Waals surface area contributed by atoms with Crippen LogP contribution in [-0.4, -0.2) is 18.3 Å². The normalized spacial score (nSPS) is 30.2. The third-order valence-electron chi connectivity index (χ3n) is 5.51. The Morgan fingerprint density at radius 3 is 2.37 bits per heavy atom. The Balaban J connectivity index is 1.85. The van der Waals surface area contributed by atoms with Gasteiger partial charge in [0.05, 0.1) is 0 Å². The van der Waals surface area contributed by atoms with Crippen LogP contribution in [0.1, 0.15) is 64.7 Å². The van der Waals surface area contributed by atoms with Crippen LogP contribution in [0, 0.1) is 17.3 Å². The Hall–Kier alpha value is -0.240. The maximum atomic E-state index is 12.5. The molecule has 19 heavy (non-hydrogen) atoms. The fourth-order valence-corrected chi connectivity index (χ4v) is 4.37. The Bertz CT molecular complexity index is 299. The van der Waals surface area contributed by atoms with Crippen LogP contribution < -0.4 is 5.32 Å². The quantitative estimate of drug-likeness (QED) is 0.757. The zero-order chi connectivity index (χ0) is 13.7. The van der Waals surface area contributed by atoms with E-state index in [9.17, 15) is 4.79 Å². The minimum Gasteiger partial charge on any atom is -0.355 e. The van der Waals surface area contributed by atoms with E-state index in [0.29, 0.717) is 17.7 Å². The smallest absolute Gasteiger partial charge is 0.226 e. The van der Waals surface area contributed by atoms with Gasteiger partial charge in [0, 0.05) is 17.8 Å². The minimum atomic E-state index is -0.0505. The summed E-state index contributed by atoms with van der Waals surface area (Å²) < 4.78 is 0. The van der Waals surface area contributed by atoms with E-state index in [1.165, 1.54) is 38.5 Å². The first-order valence-corrected chi connectivity index (χ1v) is 8.59. The SMILES string of the molecule is CCC1(C(=O)NCC2CCCCC2CCl)CCCC1. The van der Waals surface area contributed by atoms with Gasteiger partial charge in [0.1, 0.15) is 0 Å². The van der Waals surface area contributed by atoms with Crippen LogP contribution in [0.5, 0.6) is 0 Å². The van der Waals surface area contributed by atoms with Gasteiger partial charge in [-0.1, -0.05) is 32.6 Å². The highest BCUT2D eigenvalue weighted by Crippen LogP contribution is 2.41. The van der Waals surface area contributed by atoms with Gasteiger partial charge in [-0.15, -0.1) is 11.6 Å². The van der Waals surface area contributed by atoms with Crippen LogP contribution >= 0.6 is 11.6 Å². The summed E-state index contributed by atoms with van der Waals surface area (Å²) in [6.45, 7) is 3.01. The molecular weight excluding hydrogens is 258 g/mol. The Morgan fingerprint density at radius 1 is 1.16 bits per heavy atom. The van der Waals surface area contributed by atoms with E-state index in [-0.39, 0.29) is 5.41 Å². The van der Waals surface area contributed by atoms with E-state index in [4.69, 9.17) is 11.6 Å². The van der Waals surface area contributed by atoms with E-state index in [0.717, 1.165) is 31.7 Å². The van der Waals surface area contributed by atoms with Crippen molar-refractivity contribution in [2.75, 3.05) is 12.4 Å². The van der Waals surface area contributed by atoms with Crippen molar-refractivity contribution in [2.24, 2.45) is 17.3 Å². The van der Waals surface area contributed by atoms with Crippen molar-refractivity contribution in [2.45, 2.75) is 64.7 Å². The molecule has 0 heterocycles. The second-order valence-corrected chi connectivity index (χ2v) is 6.82. The lowest BCUT2D eigenvalue weighted by atomic mass is 9.79. The summed E-state index contributed by atoms with van der Waals surface area (Å²) in [4.78, 5) is 12.5. The first-order chi connectivity index (χ1) is 9.22. The maximum Gasteiger partial charge on any atom is 0.226 e. The fourth-order valence-electron chi connectivity index (χ4n) is 3.96. The molecule has 2 nitrogen and oxygen atoms in total. The number of hydrogen-bond acceptors (Lipinski definition) is 1. The lowest BCUT2D eigenvalue weighted by molar-refractivity contribution is -0.131. The molecule has 2 fully saturated rings. The van der Waals surface area contributed by atoms with Gasteiger partial charge in [-0.3, -0.25) is 4.79 Å². The molecule has 2 unspecified atom stereocenters. The van der Waals surface area contributed by atoms with Crippen molar-refractivity contribution in [1.29, 1.82) is 0 Å². The molecule has 2 rings (SSSR count). The topological polar surface area (TPSA) is 29.1 Å². The summed E-state index contributed by atoms with van der Waals surface area (Å²) in [5.74, 6) is 2.27. The zero-order valence-corrected chi connectivity index (χ0v) is 13.0. The van der Waals surface area contributed by atoms with Gasteiger partial charge >= 0.3 is 0 Å². The van der Waals surface area contributed by atoms with Crippen molar-refractivity contribution in [1.82, 2.24) is 5.32 Å². The number of hydrogen-bond donors (Lipinski definition) is 1. The summed E-state index contributed by atoms with van der Waals surface area (Å²) in [6.07, 6.45) is 10.7. The monoisotopic (exact) mass is 285 g/mol. The molecular formula is C16H28ClNO. The molecule has 0 radical (unpaired) electrons. The molecule has 1 amide bonds. The third kappa shape index (κ3) is 3.45. The van der Waals surface area contributed by atoms with E-state index in [1.807, 2.05) is 0 Å². The van der Waals surface area contributed by atoms with E-state index >= 15 is 0 Å². The van der Waals surface area contributed by atoms with E-state index < -0.39 is 0 Å². The average molecular weight is 286 g/mol. The number of amides is 1. The van der Waals surface area contributed by atoms with Crippen LogP contribution in [0.25, 0.3) is 0 Å². The number of halogens is 1.